The van der Waals surface area contributed by atoms with Gasteiger partial charge in [-0.15, -0.1) is 0 Å². The average molecular weight is 288 g/mol. The van der Waals surface area contributed by atoms with Gasteiger partial charge < -0.3 is 19.5 Å². The molecule has 0 saturated heterocycles. The second kappa shape index (κ2) is 7.55. The van der Waals surface area contributed by atoms with Gasteiger partial charge in [0.2, 0.25) is 0 Å². The second-order valence-electron chi connectivity index (χ2n) is 4.70. The molecule has 4 heteroatoms. The number of rotatable bonds is 7. The highest BCUT2D eigenvalue weighted by molar-refractivity contribution is 5.50. The Balaban J connectivity index is 2.08. The smallest absolute Gasteiger partial charge is 0.164 e. The fourth-order valence-electron chi connectivity index (χ4n) is 2.26. The monoisotopic (exact) mass is 288 g/mol. The summed E-state index contributed by atoms with van der Waals surface area (Å²) < 4.78 is 16.1. The van der Waals surface area contributed by atoms with Gasteiger partial charge >= 0.3 is 0 Å². The van der Waals surface area contributed by atoms with Gasteiger partial charge in [-0.3, -0.25) is 0 Å². The lowest BCUT2D eigenvalue weighted by Crippen LogP contribution is -2.80. The maximum Gasteiger partial charge on any atom is 0.164 e. The largest absolute Gasteiger partial charge is 0.496 e. The molecule has 0 heterocycles. The Morgan fingerprint density at radius 1 is 0.762 bits per heavy atom. The number of benzene rings is 2. The summed E-state index contributed by atoms with van der Waals surface area (Å²) in [6, 6.07) is 14.2. The van der Waals surface area contributed by atoms with E-state index in [0.29, 0.717) is 5.75 Å². The van der Waals surface area contributed by atoms with Gasteiger partial charge in [0.05, 0.1) is 26.9 Å². The van der Waals surface area contributed by atoms with Crippen LogP contribution in [0.25, 0.3) is 0 Å². The molecule has 0 unspecified atom stereocenters. The van der Waals surface area contributed by atoms with Gasteiger partial charge in [-0.25, -0.2) is 0 Å². The van der Waals surface area contributed by atoms with Crippen molar-refractivity contribution < 1.29 is 19.5 Å². The van der Waals surface area contributed by atoms with Crippen LogP contribution < -0.4 is 19.5 Å². The van der Waals surface area contributed by atoms with E-state index in [2.05, 4.69) is 29.6 Å². The van der Waals surface area contributed by atoms with E-state index in [1.54, 1.807) is 21.3 Å². The molecule has 2 aromatic carbocycles. The van der Waals surface area contributed by atoms with Crippen LogP contribution in [0.2, 0.25) is 0 Å². The summed E-state index contributed by atoms with van der Waals surface area (Å²) in [6.07, 6.45) is 0. The van der Waals surface area contributed by atoms with Crippen molar-refractivity contribution in [3.8, 4) is 17.2 Å². The minimum Gasteiger partial charge on any atom is -0.496 e. The summed E-state index contributed by atoms with van der Waals surface area (Å²) >= 11 is 0. The molecule has 0 bridgehead atoms. The van der Waals surface area contributed by atoms with E-state index in [0.717, 1.165) is 30.2 Å². The molecule has 112 valence electrons. The molecule has 2 rings (SSSR count). The molecular weight excluding hydrogens is 266 g/mol. The van der Waals surface area contributed by atoms with Crippen LogP contribution in [0.15, 0.2) is 42.5 Å². The molecule has 0 aliphatic carbocycles. The third kappa shape index (κ3) is 3.89. The number of ether oxygens (including phenoxy) is 3. The van der Waals surface area contributed by atoms with Gasteiger partial charge in [0, 0.05) is 11.6 Å². The molecule has 0 aliphatic heterocycles. The molecule has 0 aliphatic rings. The van der Waals surface area contributed by atoms with Crippen molar-refractivity contribution in [2.45, 2.75) is 13.1 Å². The minimum absolute atomic E-state index is 0.682. The maximum absolute atomic E-state index is 5.43. The lowest BCUT2D eigenvalue weighted by atomic mass is 10.1. The van der Waals surface area contributed by atoms with Crippen LogP contribution in [0.4, 0.5) is 0 Å². The van der Waals surface area contributed by atoms with E-state index in [-0.39, 0.29) is 0 Å². The quantitative estimate of drug-likeness (QED) is 0.847. The molecule has 0 saturated carbocycles. The van der Waals surface area contributed by atoms with Gasteiger partial charge in [-0.1, -0.05) is 30.3 Å². The number of hydrogen-bond donors (Lipinski definition) is 1. The van der Waals surface area contributed by atoms with E-state index >= 15 is 0 Å². The molecule has 0 spiro atoms. The molecule has 0 amide bonds. The lowest BCUT2D eigenvalue weighted by molar-refractivity contribution is -0.686. The Morgan fingerprint density at radius 3 is 2.00 bits per heavy atom. The molecule has 4 nitrogen and oxygen atoms in total. The van der Waals surface area contributed by atoms with Crippen LogP contribution in [-0.4, -0.2) is 21.3 Å². The molecule has 0 radical (unpaired) electrons. The summed E-state index contributed by atoms with van der Waals surface area (Å²) in [5.41, 5.74) is 2.39. The summed E-state index contributed by atoms with van der Waals surface area (Å²) in [5, 5.41) is 2.24. The predicted molar refractivity (Wildman–Crippen MR) is 81.9 cm³/mol. The summed E-state index contributed by atoms with van der Waals surface area (Å²) in [5.74, 6) is 2.22. The molecule has 0 aromatic heterocycles. The van der Waals surface area contributed by atoms with Crippen LogP contribution in [-0.2, 0) is 13.1 Å². The highest BCUT2D eigenvalue weighted by atomic mass is 16.5. The van der Waals surface area contributed by atoms with Crippen LogP contribution in [0.1, 0.15) is 11.1 Å². The molecule has 2 aromatic rings. The zero-order chi connectivity index (χ0) is 15.1. The van der Waals surface area contributed by atoms with Gasteiger partial charge in [0.1, 0.15) is 18.8 Å². The highest BCUT2D eigenvalue weighted by Crippen LogP contribution is 2.34. The topological polar surface area (TPSA) is 44.3 Å². The van der Waals surface area contributed by atoms with E-state index in [1.807, 2.05) is 18.2 Å². The van der Waals surface area contributed by atoms with E-state index in [4.69, 9.17) is 14.2 Å². The Morgan fingerprint density at radius 2 is 1.38 bits per heavy atom. The normalized spacial score (nSPS) is 10.2. The Kier molecular flexibility index (Phi) is 5.46. The predicted octanol–water partition coefficient (Wildman–Crippen LogP) is 1.98. The SMILES string of the molecule is COc1cc(OC)c(OC)cc1C[NH2+]Cc1ccccc1. The summed E-state index contributed by atoms with van der Waals surface area (Å²) in [7, 11) is 4.93. The number of methoxy groups -OCH3 is 3. The maximum atomic E-state index is 5.43. The summed E-state index contributed by atoms with van der Waals surface area (Å²) in [6.45, 7) is 1.75. The highest BCUT2D eigenvalue weighted by Gasteiger charge is 2.12. The van der Waals surface area contributed by atoms with Crippen molar-refractivity contribution in [1.29, 1.82) is 0 Å². The second-order valence-corrected chi connectivity index (χ2v) is 4.70. The fourth-order valence-corrected chi connectivity index (χ4v) is 2.26. The number of nitrogens with two attached hydrogens (primary N) is 1. The van der Waals surface area contributed by atoms with Crippen molar-refractivity contribution in [2.24, 2.45) is 0 Å². The Bertz CT molecular complexity index is 570. The van der Waals surface area contributed by atoms with Gasteiger partial charge in [0.25, 0.3) is 0 Å². The van der Waals surface area contributed by atoms with Crippen molar-refractivity contribution in [3.63, 3.8) is 0 Å². The van der Waals surface area contributed by atoms with Crippen LogP contribution >= 0.6 is 0 Å². The van der Waals surface area contributed by atoms with Crippen LogP contribution in [0, 0.1) is 0 Å². The molecule has 0 fully saturated rings. The Hall–Kier alpha value is -2.20. The first kappa shape index (κ1) is 15.2. The molecule has 21 heavy (non-hydrogen) atoms. The van der Waals surface area contributed by atoms with Gasteiger partial charge in [0.15, 0.2) is 11.5 Å². The third-order valence-corrected chi connectivity index (χ3v) is 3.37. The first-order chi connectivity index (χ1) is 10.3. The first-order valence-corrected chi connectivity index (χ1v) is 6.93. The van der Waals surface area contributed by atoms with E-state index in [1.165, 1.54) is 5.56 Å². The average Bonchev–Trinajstić information content (AvgIpc) is 2.55. The molecule has 0 atom stereocenters. The number of hydrogen-bond acceptors (Lipinski definition) is 3. The van der Waals surface area contributed by atoms with Crippen LogP contribution in [0.3, 0.4) is 0 Å². The van der Waals surface area contributed by atoms with Gasteiger partial charge in [-0.05, 0) is 6.07 Å². The van der Waals surface area contributed by atoms with Crippen molar-refractivity contribution >= 4 is 0 Å². The Labute approximate surface area is 125 Å². The van der Waals surface area contributed by atoms with E-state index in [9.17, 15) is 0 Å². The molecular formula is C17H22NO3+. The first-order valence-electron chi connectivity index (χ1n) is 6.93. The van der Waals surface area contributed by atoms with E-state index < -0.39 is 0 Å². The van der Waals surface area contributed by atoms with Gasteiger partial charge in [-0.2, -0.15) is 0 Å². The van der Waals surface area contributed by atoms with Crippen molar-refractivity contribution in [2.75, 3.05) is 21.3 Å². The third-order valence-electron chi connectivity index (χ3n) is 3.37. The standard InChI is InChI=1S/C17H21NO3/c1-19-15-10-17(21-3)16(20-2)9-14(15)12-18-11-13-7-5-4-6-8-13/h4-10,18H,11-12H2,1-3H3/p+1. The van der Waals surface area contributed by atoms with Crippen LogP contribution in [0.5, 0.6) is 17.2 Å². The zero-order valence-corrected chi connectivity index (χ0v) is 12.8. The van der Waals surface area contributed by atoms with Crippen molar-refractivity contribution in [1.82, 2.24) is 0 Å². The minimum atomic E-state index is 0.682. The van der Waals surface area contributed by atoms with Crippen molar-refractivity contribution in [3.05, 3.63) is 53.6 Å². The zero-order valence-electron chi connectivity index (χ0n) is 12.8. The fraction of sp³-hybridized carbons (Fsp3) is 0.294. The number of quaternary nitrogens is 1. The lowest BCUT2D eigenvalue weighted by Gasteiger charge is -2.13. The summed E-state index contributed by atoms with van der Waals surface area (Å²) in [4.78, 5) is 0. The molecule has 2 N–H and O–H groups in total.